The zero-order valence-electron chi connectivity index (χ0n) is 7.78. The Bertz CT molecular complexity index is 364. The van der Waals surface area contributed by atoms with E-state index < -0.39 is 23.7 Å². The highest BCUT2D eigenvalue weighted by Crippen LogP contribution is 2.31. The van der Waals surface area contributed by atoms with Crippen LogP contribution in [0.3, 0.4) is 0 Å². The molecule has 1 rings (SSSR count). The summed E-state index contributed by atoms with van der Waals surface area (Å²) in [5.41, 5.74) is -0.300. The van der Waals surface area contributed by atoms with Crippen LogP contribution in [0.15, 0.2) is 18.2 Å². The number of hydrogen-bond acceptors (Lipinski definition) is 2. The number of carboxylic acids is 1. The van der Waals surface area contributed by atoms with Gasteiger partial charge in [-0.15, -0.1) is 0 Å². The molecule has 0 heterocycles. The standard InChI is InChI=1S/C10H10F2O3/c11-10(12)9-6(4-5-8(14)15)2-1-3-7(9)13/h1-3,10,13H,4-5H2,(H,14,15). The quantitative estimate of drug-likeness (QED) is 0.812. The van der Waals surface area contributed by atoms with Gasteiger partial charge in [0.05, 0.1) is 5.56 Å². The molecule has 2 N–H and O–H groups in total. The Balaban J connectivity index is 2.95. The lowest BCUT2D eigenvalue weighted by atomic mass is 10.0. The number of aliphatic carboxylic acids is 1. The van der Waals surface area contributed by atoms with E-state index in [4.69, 9.17) is 5.11 Å². The van der Waals surface area contributed by atoms with Crippen molar-refractivity contribution in [3.05, 3.63) is 29.3 Å². The first-order valence-electron chi connectivity index (χ1n) is 4.33. The molecule has 0 bridgehead atoms. The number of aromatic hydroxyl groups is 1. The first kappa shape index (κ1) is 11.4. The molecule has 0 fully saturated rings. The monoisotopic (exact) mass is 216 g/mol. The van der Waals surface area contributed by atoms with Crippen molar-refractivity contribution in [2.24, 2.45) is 0 Å². The number of alkyl halides is 2. The van der Waals surface area contributed by atoms with E-state index in [2.05, 4.69) is 0 Å². The van der Waals surface area contributed by atoms with E-state index in [0.717, 1.165) is 6.07 Å². The number of carbonyl (C=O) groups is 1. The van der Waals surface area contributed by atoms with E-state index in [0.29, 0.717) is 0 Å². The maximum absolute atomic E-state index is 12.5. The molecule has 0 aliphatic rings. The highest BCUT2D eigenvalue weighted by atomic mass is 19.3. The molecule has 0 aliphatic carbocycles. The van der Waals surface area contributed by atoms with Crippen LogP contribution in [0.1, 0.15) is 24.0 Å². The molecule has 0 aliphatic heterocycles. The molecule has 0 saturated heterocycles. The summed E-state index contributed by atoms with van der Waals surface area (Å²) in [6.07, 6.45) is -3.04. The van der Waals surface area contributed by atoms with Crippen molar-refractivity contribution in [2.45, 2.75) is 19.3 Å². The Morgan fingerprint density at radius 1 is 1.40 bits per heavy atom. The van der Waals surface area contributed by atoms with Gasteiger partial charge in [-0.25, -0.2) is 8.78 Å². The Kier molecular flexibility index (Phi) is 3.60. The summed E-state index contributed by atoms with van der Waals surface area (Å²) in [6.45, 7) is 0. The molecule has 0 unspecified atom stereocenters. The molecule has 0 amide bonds. The fraction of sp³-hybridized carbons (Fsp3) is 0.300. The predicted octanol–water partition coefficient (Wildman–Crippen LogP) is 2.35. The van der Waals surface area contributed by atoms with Crippen LogP contribution in [0.25, 0.3) is 0 Å². The summed E-state index contributed by atoms with van der Waals surface area (Å²) in [6, 6.07) is 3.97. The number of rotatable bonds is 4. The molecule has 15 heavy (non-hydrogen) atoms. The summed E-state index contributed by atoms with van der Waals surface area (Å²) >= 11 is 0. The van der Waals surface area contributed by atoms with Crippen molar-refractivity contribution >= 4 is 5.97 Å². The molecule has 0 saturated carbocycles. The first-order chi connectivity index (χ1) is 7.02. The van der Waals surface area contributed by atoms with Crippen LogP contribution in [-0.2, 0) is 11.2 Å². The second-order valence-electron chi connectivity index (χ2n) is 3.04. The van der Waals surface area contributed by atoms with Gasteiger partial charge in [0.25, 0.3) is 6.43 Å². The van der Waals surface area contributed by atoms with Gasteiger partial charge in [-0.05, 0) is 18.1 Å². The molecule has 0 spiro atoms. The van der Waals surface area contributed by atoms with E-state index in [-0.39, 0.29) is 18.4 Å². The van der Waals surface area contributed by atoms with Crippen molar-refractivity contribution in [3.8, 4) is 5.75 Å². The van der Waals surface area contributed by atoms with Gasteiger partial charge in [0.15, 0.2) is 0 Å². The Hall–Kier alpha value is -1.65. The number of phenols is 1. The van der Waals surface area contributed by atoms with Crippen molar-refractivity contribution < 1.29 is 23.8 Å². The molecule has 82 valence electrons. The van der Waals surface area contributed by atoms with Crippen LogP contribution >= 0.6 is 0 Å². The molecule has 0 radical (unpaired) electrons. The van der Waals surface area contributed by atoms with Crippen LogP contribution in [0, 0.1) is 0 Å². The summed E-state index contributed by atoms with van der Waals surface area (Å²) in [7, 11) is 0. The lowest BCUT2D eigenvalue weighted by Gasteiger charge is -2.09. The second-order valence-corrected chi connectivity index (χ2v) is 3.04. The molecule has 1 aromatic carbocycles. The third-order valence-corrected chi connectivity index (χ3v) is 2.00. The fourth-order valence-electron chi connectivity index (χ4n) is 1.31. The minimum Gasteiger partial charge on any atom is -0.507 e. The van der Waals surface area contributed by atoms with Gasteiger partial charge in [0, 0.05) is 6.42 Å². The molecule has 0 aromatic heterocycles. The highest BCUT2D eigenvalue weighted by Gasteiger charge is 2.17. The predicted molar refractivity (Wildman–Crippen MR) is 49.0 cm³/mol. The molecular weight excluding hydrogens is 206 g/mol. The van der Waals surface area contributed by atoms with E-state index in [1.165, 1.54) is 12.1 Å². The largest absolute Gasteiger partial charge is 0.507 e. The third kappa shape index (κ3) is 2.90. The van der Waals surface area contributed by atoms with Gasteiger partial charge in [0.1, 0.15) is 5.75 Å². The number of carboxylic acid groups (broad SMARTS) is 1. The number of phenolic OH excluding ortho intramolecular Hbond substituents is 1. The summed E-state index contributed by atoms with van der Waals surface area (Å²) in [5, 5.41) is 17.6. The van der Waals surface area contributed by atoms with Crippen molar-refractivity contribution in [1.82, 2.24) is 0 Å². The highest BCUT2D eigenvalue weighted by molar-refractivity contribution is 5.67. The minimum atomic E-state index is -2.80. The topological polar surface area (TPSA) is 57.5 Å². The summed E-state index contributed by atoms with van der Waals surface area (Å²) in [4.78, 5) is 10.3. The number of aryl methyl sites for hydroxylation is 1. The molecule has 0 atom stereocenters. The van der Waals surface area contributed by atoms with Crippen LogP contribution in [0.2, 0.25) is 0 Å². The minimum absolute atomic E-state index is 0.0105. The zero-order valence-corrected chi connectivity index (χ0v) is 7.78. The lowest BCUT2D eigenvalue weighted by molar-refractivity contribution is -0.136. The average Bonchev–Trinajstić information content (AvgIpc) is 2.13. The van der Waals surface area contributed by atoms with Gasteiger partial charge in [-0.3, -0.25) is 4.79 Å². The van der Waals surface area contributed by atoms with Crippen molar-refractivity contribution in [1.29, 1.82) is 0 Å². The SMILES string of the molecule is O=C(O)CCc1cccc(O)c1C(F)F. The molecule has 1 aromatic rings. The second kappa shape index (κ2) is 4.72. The van der Waals surface area contributed by atoms with Crippen LogP contribution in [0.5, 0.6) is 5.75 Å². The maximum atomic E-state index is 12.5. The van der Waals surface area contributed by atoms with E-state index >= 15 is 0 Å². The average molecular weight is 216 g/mol. The van der Waals surface area contributed by atoms with Gasteiger partial charge in [-0.1, -0.05) is 12.1 Å². The first-order valence-corrected chi connectivity index (χ1v) is 4.33. The van der Waals surface area contributed by atoms with Gasteiger partial charge in [0.2, 0.25) is 0 Å². The smallest absolute Gasteiger partial charge is 0.303 e. The van der Waals surface area contributed by atoms with Gasteiger partial charge < -0.3 is 10.2 Å². The summed E-state index contributed by atoms with van der Waals surface area (Å²) in [5.74, 6) is -1.55. The number of benzene rings is 1. The van der Waals surface area contributed by atoms with Crippen LogP contribution in [-0.4, -0.2) is 16.2 Å². The summed E-state index contributed by atoms with van der Waals surface area (Å²) < 4.78 is 25.0. The lowest BCUT2D eigenvalue weighted by Crippen LogP contribution is -2.01. The van der Waals surface area contributed by atoms with Gasteiger partial charge in [-0.2, -0.15) is 0 Å². The van der Waals surface area contributed by atoms with Crippen LogP contribution < -0.4 is 0 Å². The van der Waals surface area contributed by atoms with Gasteiger partial charge >= 0.3 is 5.97 Å². The Morgan fingerprint density at radius 2 is 2.07 bits per heavy atom. The number of halogens is 2. The number of hydrogen-bond donors (Lipinski definition) is 2. The van der Waals surface area contributed by atoms with Crippen LogP contribution in [0.4, 0.5) is 8.78 Å². The third-order valence-electron chi connectivity index (χ3n) is 2.00. The van der Waals surface area contributed by atoms with Crippen molar-refractivity contribution in [2.75, 3.05) is 0 Å². The van der Waals surface area contributed by atoms with E-state index in [1.807, 2.05) is 0 Å². The van der Waals surface area contributed by atoms with Crippen molar-refractivity contribution in [3.63, 3.8) is 0 Å². The molecule has 3 nitrogen and oxygen atoms in total. The Morgan fingerprint density at radius 3 is 2.60 bits per heavy atom. The van der Waals surface area contributed by atoms with E-state index in [9.17, 15) is 18.7 Å². The Labute approximate surface area is 85.0 Å². The molecular formula is C10H10F2O3. The molecule has 5 heteroatoms. The normalized spacial score (nSPS) is 10.6. The fourth-order valence-corrected chi connectivity index (χ4v) is 1.31. The van der Waals surface area contributed by atoms with E-state index in [1.54, 1.807) is 0 Å². The maximum Gasteiger partial charge on any atom is 0.303 e. The zero-order chi connectivity index (χ0) is 11.4.